The third kappa shape index (κ3) is 3.13. The van der Waals surface area contributed by atoms with E-state index in [0.717, 1.165) is 26.1 Å². The summed E-state index contributed by atoms with van der Waals surface area (Å²) in [6.07, 6.45) is 2.90. The van der Waals surface area contributed by atoms with E-state index >= 15 is 0 Å². The van der Waals surface area contributed by atoms with Crippen LogP contribution in [0.2, 0.25) is 0 Å². The molecule has 0 spiro atoms. The minimum absolute atomic E-state index is 0.405. The number of benzene rings is 2. The fourth-order valence-corrected chi connectivity index (χ4v) is 3.60. The second-order valence-corrected chi connectivity index (χ2v) is 7.43. The van der Waals surface area contributed by atoms with E-state index in [4.69, 9.17) is 9.47 Å². The van der Waals surface area contributed by atoms with Gasteiger partial charge in [0.25, 0.3) is 0 Å². The normalized spacial score (nSPS) is 21.8. The van der Waals surface area contributed by atoms with Crippen molar-refractivity contribution < 1.29 is 9.47 Å². The van der Waals surface area contributed by atoms with Crippen molar-refractivity contribution in [3.8, 4) is 11.1 Å². The summed E-state index contributed by atoms with van der Waals surface area (Å²) in [5, 5.41) is 0. The first kappa shape index (κ1) is 15.9. The first-order chi connectivity index (χ1) is 11.5. The van der Waals surface area contributed by atoms with Crippen molar-refractivity contribution in [2.24, 2.45) is 0 Å². The minimum atomic E-state index is 0.405. The van der Waals surface area contributed by atoms with Gasteiger partial charge in [-0.15, -0.1) is 0 Å². The quantitative estimate of drug-likeness (QED) is 0.759. The largest absolute Gasteiger partial charge is 0.373 e. The van der Waals surface area contributed by atoms with E-state index in [-0.39, 0.29) is 0 Å². The molecule has 0 N–H and O–H groups in total. The van der Waals surface area contributed by atoms with Crippen molar-refractivity contribution in [1.29, 1.82) is 0 Å². The Balaban J connectivity index is 1.79. The number of hydrogen-bond acceptors (Lipinski definition) is 2. The van der Waals surface area contributed by atoms with Crippen molar-refractivity contribution in [3.05, 3.63) is 57.6 Å². The predicted molar refractivity (Wildman–Crippen MR) is 97.7 cm³/mol. The molecule has 0 saturated carbocycles. The van der Waals surface area contributed by atoms with Gasteiger partial charge in [0.1, 0.15) is 0 Å². The molecule has 126 valence electrons. The molecule has 0 radical (unpaired) electrons. The lowest BCUT2D eigenvalue weighted by atomic mass is 9.87. The molecule has 0 amide bonds. The van der Waals surface area contributed by atoms with Gasteiger partial charge in [0.2, 0.25) is 0 Å². The summed E-state index contributed by atoms with van der Waals surface area (Å²) in [7, 11) is 0. The van der Waals surface area contributed by atoms with Gasteiger partial charge < -0.3 is 9.47 Å². The van der Waals surface area contributed by atoms with E-state index in [2.05, 4.69) is 52.0 Å². The van der Waals surface area contributed by atoms with E-state index in [9.17, 15) is 0 Å². The van der Waals surface area contributed by atoms with Crippen molar-refractivity contribution in [2.45, 2.75) is 52.7 Å². The Morgan fingerprint density at radius 3 is 2.00 bits per heavy atom. The average molecular weight is 322 g/mol. The highest BCUT2D eigenvalue weighted by molar-refractivity contribution is 5.72. The zero-order valence-corrected chi connectivity index (χ0v) is 15.1. The molecule has 2 heterocycles. The fraction of sp³-hybridized carbons (Fsp3) is 0.455. The molecule has 4 rings (SSSR count). The van der Waals surface area contributed by atoms with Crippen LogP contribution < -0.4 is 0 Å². The van der Waals surface area contributed by atoms with Gasteiger partial charge in [0.15, 0.2) is 0 Å². The van der Waals surface area contributed by atoms with E-state index in [0.29, 0.717) is 12.2 Å². The topological polar surface area (TPSA) is 25.1 Å². The van der Waals surface area contributed by atoms with Crippen LogP contribution in [0.5, 0.6) is 0 Å². The lowest BCUT2D eigenvalue weighted by Crippen LogP contribution is -2.05. The Bertz CT molecular complexity index is 760. The van der Waals surface area contributed by atoms with Crippen LogP contribution >= 0.6 is 0 Å². The Morgan fingerprint density at radius 2 is 1.42 bits per heavy atom. The maximum absolute atomic E-state index is 5.53. The summed E-state index contributed by atoms with van der Waals surface area (Å²) in [4.78, 5) is 0. The van der Waals surface area contributed by atoms with Crippen LogP contribution in [0.15, 0.2) is 24.3 Å². The zero-order valence-electron chi connectivity index (χ0n) is 15.1. The van der Waals surface area contributed by atoms with E-state index < -0.39 is 0 Å². The summed E-state index contributed by atoms with van der Waals surface area (Å²) in [6.45, 7) is 10.7. The summed E-state index contributed by atoms with van der Waals surface area (Å²) in [5.41, 5.74) is 11.1. The van der Waals surface area contributed by atoms with Gasteiger partial charge in [-0.3, -0.25) is 0 Å². The Hall–Kier alpha value is -1.64. The highest BCUT2D eigenvalue weighted by Gasteiger charge is 2.28. The first-order valence-electron chi connectivity index (χ1n) is 8.95. The molecule has 2 saturated heterocycles. The molecule has 0 bridgehead atoms. The van der Waals surface area contributed by atoms with Crippen molar-refractivity contribution >= 4 is 0 Å². The molecule has 0 aromatic heterocycles. The Morgan fingerprint density at radius 1 is 0.833 bits per heavy atom. The molecule has 2 fully saturated rings. The lowest BCUT2D eigenvalue weighted by molar-refractivity contribution is 0.405. The molecular formula is C22H26O2. The molecular weight excluding hydrogens is 296 g/mol. The molecule has 0 aliphatic carbocycles. The average Bonchev–Trinajstić information content (AvgIpc) is 3.44. The molecule has 2 aromatic carbocycles. The van der Waals surface area contributed by atoms with Gasteiger partial charge in [-0.05, 0) is 72.2 Å². The standard InChI is InChI=1S/C22H26O2/c1-13-7-18(8-14(2)15(13)3)21-6-5-17(9-19-11-23-19)16(4)22(21)10-20-12-24-20/h5-8,19-20H,9-12H2,1-4H3. The van der Waals surface area contributed by atoms with E-state index in [1.807, 2.05) is 0 Å². The Labute approximate surface area is 144 Å². The molecule has 2 aliphatic rings. The first-order valence-corrected chi connectivity index (χ1v) is 8.95. The van der Waals surface area contributed by atoms with Gasteiger partial charge >= 0.3 is 0 Å². The van der Waals surface area contributed by atoms with Crippen LogP contribution in [0.3, 0.4) is 0 Å². The van der Waals surface area contributed by atoms with Crippen LogP contribution in [0.1, 0.15) is 33.4 Å². The smallest absolute Gasteiger partial charge is 0.0850 e. The monoisotopic (exact) mass is 322 g/mol. The van der Waals surface area contributed by atoms with Gasteiger partial charge in [0, 0.05) is 12.8 Å². The van der Waals surface area contributed by atoms with Crippen LogP contribution in [0.25, 0.3) is 11.1 Å². The van der Waals surface area contributed by atoms with Gasteiger partial charge in [-0.25, -0.2) is 0 Å². The van der Waals surface area contributed by atoms with Crippen LogP contribution in [-0.4, -0.2) is 25.4 Å². The molecule has 2 nitrogen and oxygen atoms in total. The van der Waals surface area contributed by atoms with Crippen molar-refractivity contribution in [3.63, 3.8) is 0 Å². The van der Waals surface area contributed by atoms with E-state index in [1.165, 1.54) is 44.5 Å². The molecule has 2 heteroatoms. The maximum atomic E-state index is 5.53. The number of epoxide rings is 2. The van der Waals surface area contributed by atoms with Crippen molar-refractivity contribution in [1.82, 2.24) is 0 Å². The highest BCUT2D eigenvalue weighted by atomic mass is 16.6. The summed E-state index contributed by atoms with van der Waals surface area (Å²) < 4.78 is 11.0. The van der Waals surface area contributed by atoms with Crippen LogP contribution in [0, 0.1) is 27.7 Å². The molecule has 2 atom stereocenters. The van der Waals surface area contributed by atoms with Crippen molar-refractivity contribution in [2.75, 3.05) is 13.2 Å². The van der Waals surface area contributed by atoms with Gasteiger partial charge in [0.05, 0.1) is 25.4 Å². The van der Waals surface area contributed by atoms with Crippen LogP contribution in [0.4, 0.5) is 0 Å². The number of ether oxygens (including phenoxy) is 2. The number of rotatable bonds is 5. The molecule has 2 aliphatic heterocycles. The zero-order chi connectivity index (χ0) is 16.8. The minimum Gasteiger partial charge on any atom is -0.373 e. The van der Waals surface area contributed by atoms with E-state index in [1.54, 1.807) is 0 Å². The molecule has 24 heavy (non-hydrogen) atoms. The predicted octanol–water partition coefficient (Wildman–Crippen LogP) is 4.47. The fourth-order valence-electron chi connectivity index (χ4n) is 3.60. The second kappa shape index (κ2) is 6.02. The maximum Gasteiger partial charge on any atom is 0.0850 e. The summed E-state index contributed by atoms with van der Waals surface area (Å²) in [6, 6.07) is 9.27. The Kier molecular flexibility index (Phi) is 3.98. The second-order valence-electron chi connectivity index (χ2n) is 7.43. The lowest BCUT2D eigenvalue weighted by Gasteiger charge is -2.18. The third-order valence-electron chi connectivity index (χ3n) is 5.63. The number of hydrogen-bond donors (Lipinski definition) is 0. The highest BCUT2D eigenvalue weighted by Crippen LogP contribution is 2.34. The summed E-state index contributed by atoms with van der Waals surface area (Å²) in [5.74, 6) is 0. The molecule has 2 unspecified atom stereocenters. The number of aryl methyl sites for hydroxylation is 2. The van der Waals surface area contributed by atoms with Gasteiger partial charge in [-0.1, -0.05) is 24.3 Å². The van der Waals surface area contributed by atoms with Gasteiger partial charge in [-0.2, -0.15) is 0 Å². The third-order valence-corrected chi connectivity index (χ3v) is 5.63. The molecule has 2 aromatic rings. The van der Waals surface area contributed by atoms with Crippen LogP contribution in [-0.2, 0) is 22.3 Å². The summed E-state index contributed by atoms with van der Waals surface area (Å²) >= 11 is 0. The SMILES string of the molecule is Cc1cc(-c2ccc(CC3CO3)c(C)c2CC2CO2)cc(C)c1C.